The molecule has 138 valence electrons. The van der Waals surface area contributed by atoms with Crippen molar-refractivity contribution >= 4 is 21.2 Å². The van der Waals surface area contributed by atoms with Crippen LogP contribution >= 0.6 is 0 Å². The molecule has 2 aromatic heterocycles. The maximum atomic E-state index is 12.4. The van der Waals surface area contributed by atoms with Crippen LogP contribution in [0.4, 0.5) is 0 Å². The molecule has 1 unspecified atom stereocenters. The van der Waals surface area contributed by atoms with Crippen LogP contribution in [0.5, 0.6) is 0 Å². The summed E-state index contributed by atoms with van der Waals surface area (Å²) in [5.41, 5.74) is -0.307. The molecule has 3 heterocycles. The summed E-state index contributed by atoms with van der Waals surface area (Å²) in [4.78, 5) is 31.8. The van der Waals surface area contributed by atoms with Crippen LogP contribution in [0.3, 0.4) is 0 Å². The number of H-pyrrole nitrogens is 1. The number of piperidine rings is 1. The first-order chi connectivity index (χ1) is 11.6. The van der Waals surface area contributed by atoms with E-state index in [1.807, 2.05) is 0 Å². The highest BCUT2D eigenvalue weighted by atomic mass is 32.2. The molecule has 10 heteroatoms. The molecule has 1 saturated heterocycles. The van der Waals surface area contributed by atoms with E-state index in [-0.39, 0.29) is 11.4 Å². The van der Waals surface area contributed by atoms with Gasteiger partial charge in [-0.05, 0) is 26.7 Å². The second-order valence-corrected chi connectivity index (χ2v) is 9.31. The molecule has 1 aliphatic rings. The molecule has 0 radical (unpaired) electrons. The Morgan fingerprint density at radius 2 is 1.88 bits per heavy atom. The zero-order valence-corrected chi connectivity index (χ0v) is 15.6. The molecule has 1 atom stereocenters. The number of imidazole rings is 1. The van der Waals surface area contributed by atoms with Gasteiger partial charge in [0.05, 0.1) is 5.25 Å². The Morgan fingerprint density at radius 1 is 1.20 bits per heavy atom. The van der Waals surface area contributed by atoms with E-state index in [9.17, 15) is 18.0 Å². The Labute approximate surface area is 145 Å². The maximum absolute atomic E-state index is 12.4. The Bertz CT molecular complexity index is 1030. The number of aryl methyl sites for hydroxylation is 1. The van der Waals surface area contributed by atoms with Gasteiger partial charge in [0, 0.05) is 33.1 Å². The number of aromatic amines is 1. The van der Waals surface area contributed by atoms with Crippen molar-refractivity contribution in [3.8, 4) is 0 Å². The lowest BCUT2D eigenvalue weighted by Gasteiger charge is -2.32. The highest BCUT2D eigenvalue weighted by molar-refractivity contribution is 7.89. The van der Waals surface area contributed by atoms with Crippen LogP contribution in [0.2, 0.25) is 0 Å². The first-order valence-corrected chi connectivity index (χ1v) is 9.79. The van der Waals surface area contributed by atoms with E-state index < -0.39 is 26.5 Å². The van der Waals surface area contributed by atoms with Crippen LogP contribution < -0.4 is 11.2 Å². The van der Waals surface area contributed by atoms with E-state index >= 15 is 0 Å². The molecule has 0 aliphatic carbocycles. The van der Waals surface area contributed by atoms with Crippen molar-refractivity contribution in [2.24, 2.45) is 14.1 Å². The predicted octanol–water partition coefficient (Wildman–Crippen LogP) is -0.122. The van der Waals surface area contributed by atoms with Gasteiger partial charge in [-0.25, -0.2) is 22.5 Å². The van der Waals surface area contributed by atoms with Gasteiger partial charge in [0.15, 0.2) is 5.65 Å². The number of nitrogens with zero attached hydrogens (tertiary/aromatic N) is 4. The van der Waals surface area contributed by atoms with Crippen LogP contribution in [-0.2, 0) is 24.1 Å². The molecule has 2 aromatic rings. The molecule has 9 nitrogen and oxygen atoms in total. The summed E-state index contributed by atoms with van der Waals surface area (Å²) in [5.74, 6) is 0.423. The van der Waals surface area contributed by atoms with Gasteiger partial charge >= 0.3 is 5.69 Å². The zero-order valence-electron chi connectivity index (χ0n) is 14.8. The van der Waals surface area contributed by atoms with Crippen LogP contribution in [0, 0.1) is 0 Å². The normalized spacial score (nSPS) is 19.8. The maximum Gasteiger partial charge on any atom is 0.332 e. The van der Waals surface area contributed by atoms with Crippen LogP contribution in [0.1, 0.15) is 38.4 Å². The predicted molar refractivity (Wildman–Crippen MR) is 94.2 cm³/mol. The Hall–Kier alpha value is -1.94. The summed E-state index contributed by atoms with van der Waals surface area (Å²) in [6.45, 7) is 4.16. The minimum atomic E-state index is -3.33. The van der Waals surface area contributed by atoms with E-state index in [4.69, 9.17) is 0 Å². The minimum absolute atomic E-state index is 0.130. The summed E-state index contributed by atoms with van der Waals surface area (Å²) in [5, 5.41) is -0.477. The third-order valence-electron chi connectivity index (χ3n) is 4.84. The first kappa shape index (κ1) is 17.9. The van der Waals surface area contributed by atoms with Crippen molar-refractivity contribution in [1.82, 2.24) is 23.4 Å². The number of fused-ring (bicyclic) bond motifs is 1. The van der Waals surface area contributed by atoms with Gasteiger partial charge in [-0.3, -0.25) is 13.9 Å². The van der Waals surface area contributed by atoms with Gasteiger partial charge in [-0.15, -0.1) is 0 Å². The van der Waals surface area contributed by atoms with Crippen molar-refractivity contribution < 1.29 is 8.42 Å². The smallest absolute Gasteiger partial charge is 0.332 e. The summed E-state index contributed by atoms with van der Waals surface area (Å²) in [6, 6.07) is 0. The summed E-state index contributed by atoms with van der Waals surface area (Å²) < 4.78 is 28.7. The zero-order chi connectivity index (χ0) is 18.5. The number of sulfonamides is 1. The van der Waals surface area contributed by atoms with E-state index in [0.717, 1.165) is 17.4 Å². The Balaban J connectivity index is 2.03. The van der Waals surface area contributed by atoms with Crippen molar-refractivity contribution in [1.29, 1.82) is 0 Å². The molecule has 0 spiro atoms. The molecule has 0 saturated carbocycles. The standard InChI is InChI=1S/C15H23N5O4S/c1-9(2)25(23,24)20-7-5-6-10(8-20)12-16-11-13(17-12)18(3)15(22)19(4)14(11)21/h9-10H,5-8H2,1-4H3,(H,16,17). The second kappa shape index (κ2) is 6.10. The number of hydrogen-bond acceptors (Lipinski definition) is 5. The van der Waals surface area contributed by atoms with E-state index in [0.29, 0.717) is 24.6 Å². The minimum Gasteiger partial charge on any atom is -0.336 e. The van der Waals surface area contributed by atoms with Gasteiger partial charge < -0.3 is 4.98 Å². The van der Waals surface area contributed by atoms with Crippen molar-refractivity contribution in [2.45, 2.75) is 37.9 Å². The number of rotatable bonds is 3. The van der Waals surface area contributed by atoms with Crippen LogP contribution in [0.15, 0.2) is 9.59 Å². The molecule has 25 heavy (non-hydrogen) atoms. The van der Waals surface area contributed by atoms with E-state index in [2.05, 4.69) is 9.97 Å². The van der Waals surface area contributed by atoms with E-state index in [1.54, 1.807) is 20.9 Å². The van der Waals surface area contributed by atoms with Gasteiger partial charge in [0.2, 0.25) is 10.0 Å². The third kappa shape index (κ3) is 2.82. The highest BCUT2D eigenvalue weighted by Crippen LogP contribution is 2.28. The molecule has 3 rings (SSSR count). The topological polar surface area (TPSA) is 110 Å². The molecular weight excluding hydrogens is 346 g/mol. The van der Waals surface area contributed by atoms with Crippen molar-refractivity contribution in [3.05, 3.63) is 26.7 Å². The fourth-order valence-electron chi connectivity index (χ4n) is 3.23. The van der Waals surface area contributed by atoms with E-state index in [1.165, 1.54) is 15.9 Å². The quantitative estimate of drug-likeness (QED) is 0.811. The molecule has 1 aliphatic heterocycles. The van der Waals surface area contributed by atoms with Crippen molar-refractivity contribution in [3.63, 3.8) is 0 Å². The van der Waals surface area contributed by atoms with Gasteiger partial charge in [-0.1, -0.05) is 0 Å². The van der Waals surface area contributed by atoms with Gasteiger partial charge in [0.1, 0.15) is 11.3 Å². The fraction of sp³-hybridized carbons (Fsp3) is 0.667. The van der Waals surface area contributed by atoms with Crippen LogP contribution in [0.25, 0.3) is 11.2 Å². The largest absolute Gasteiger partial charge is 0.336 e. The molecule has 0 aromatic carbocycles. The second-order valence-electron chi connectivity index (χ2n) is 6.82. The number of nitrogens with one attached hydrogen (secondary N) is 1. The van der Waals surface area contributed by atoms with Crippen LogP contribution in [-0.4, -0.2) is 50.2 Å². The molecule has 0 amide bonds. The highest BCUT2D eigenvalue weighted by Gasteiger charge is 2.33. The Kier molecular flexibility index (Phi) is 4.36. The SMILES string of the molecule is CC(C)S(=O)(=O)N1CCCC(c2nc3c([nH]2)c(=O)n(C)c(=O)n3C)C1. The average molecular weight is 369 g/mol. The monoisotopic (exact) mass is 369 g/mol. The fourth-order valence-corrected chi connectivity index (χ4v) is 4.60. The van der Waals surface area contributed by atoms with Gasteiger partial charge in [-0.2, -0.15) is 0 Å². The Morgan fingerprint density at radius 3 is 2.52 bits per heavy atom. The molecule has 0 bridgehead atoms. The first-order valence-electron chi connectivity index (χ1n) is 8.29. The molecular formula is C15H23N5O4S. The molecule has 1 fully saturated rings. The number of hydrogen-bond donors (Lipinski definition) is 1. The lowest BCUT2D eigenvalue weighted by atomic mass is 9.99. The average Bonchev–Trinajstić information content (AvgIpc) is 3.03. The number of aromatic nitrogens is 4. The lowest BCUT2D eigenvalue weighted by Crippen LogP contribution is -2.42. The van der Waals surface area contributed by atoms with Gasteiger partial charge in [0.25, 0.3) is 5.56 Å². The summed E-state index contributed by atoms with van der Waals surface area (Å²) in [6.07, 6.45) is 1.50. The molecule has 1 N–H and O–H groups in total. The third-order valence-corrected chi connectivity index (χ3v) is 7.08. The summed E-state index contributed by atoms with van der Waals surface area (Å²) in [7, 11) is -0.351. The summed E-state index contributed by atoms with van der Waals surface area (Å²) >= 11 is 0. The lowest BCUT2D eigenvalue weighted by molar-refractivity contribution is 0.308. The van der Waals surface area contributed by atoms with Crippen molar-refractivity contribution in [2.75, 3.05) is 13.1 Å².